The van der Waals surface area contributed by atoms with Crippen LogP contribution in [0.3, 0.4) is 0 Å². The first-order valence-corrected chi connectivity index (χ1v) is 15.9. The number of hydrogen-bond donors (Lipinski definition) is 0. The fraction of sp³-hybridized carbons (Fsp3) is 0. The molecule has 0 aromatic heterocycles. The van der Waals surface area contributed by atoms with Crippen LogP contribution >= 0.6 is 0 Å². The van der Waals surface area contributed by atoms with Crippen LogP contribution in [-0.4, -0.2) is 0 Å². The number of benzene rings is 9. The lowest BCUT2D eigenvalue weighted by Crippen LogP contribution is -1.92. The Hall–Kier alpha value is -5.98. The Morgan fingerprint density at radius 1 is 0.217 bits per heavy atom. The highest BCUT2D eigenvalue weighted by atomic mass is 14.2. The fourth-order valence-electron chi connectivity index (χ4n) is 7.34. The molecule has 0 spiro atoms. The Kier molecular flexibility index (Phi) is 6.25. The largest absolute Gasteiger partial charge is 0.0622 e. The zero-order chi connectivity index (χ0) is 30.5. The third-order valence-electron chi connectivity index (χ3n) is 9.44. The fourth-order valence-corrected chi connectivity index (χ4v) is 7.34. The van der Waals surface area contributed by atoms with Gasteiger partial charge in [0.1, 0.15) is 0 Å². The summed E-state index contributed by atoms with van der Waals surface area (Å²) in [5.74, 6) is 0. The van der Waals surface area contributed by atoms with Crippen molar-refractivity contribution in [2.45, 2.75) is 0 Å². The first-order valence-electron chi connectivity index (χ1n) is 15.9. The van der Waals surface area contributed by atoms with Crippen molar-refractivity contribution in [2.24, 2.45) is 0 Å². The molecule has 46 heavy (non-hydrogen) atoms. The highest BCUT2D eigenvalue weighted by Gasteiger charge is 2.19. The zero-order valence-corrected chi connectivity index (χ0v) is 25.3. The standard InChI is InChI=1S/C46H30/c1-3-13-31(14-4-1)34-25-27-39-35(29-34)19-12-23-38(39)36-26-28-43-44(30-36)46(40-24-11-18-32-15-7-8-20-37(32)40)42-22-10-9-21-41(42)45(43)33-16-5-2-6-17-33/h1-30H. The van der Waals surface area contributed by atoms with Gasteiger partial charge in [-0.05, 0) is 99.7 Å². The van der Waals surface area contributed by atoms with Gasteiger partial charge in [-0.3, -0.25) is 0 Å². The maximum absolute atomic E-state index is 2.44. The maximum atomic E-state index is 2.44. The minimum absolute atomic E-state index is 1.22. The topological polar surface area (TPSA) is 0 Å². The number of rotatable bonds is 4. The van der Waals surface area contributed by atoms with E-state index in [9.17, 15) is 0 Å². The van der Waals surface area contributed by atoms with Crippen LogP contribution in [0, 0.1) is 0 Å². The molecular weight excluding hydrogens is 553 g/mol. The van der Waals surface area contributed by atoms with Crippen molar-refractivity contribution in [3.63, 3.8) is 0 Å². The van der Waals surface area contributed by atoms with Crippen LogP contribution in [-0.2, 0) is 0 Å². The van der Waals surface area contributed by atoms with Crippen LogP contribution in [0.2, 0.25) is 0 Å². The molecule has 9 aromatic rings. The molecule has 0 nitrogen and oxygen atoms in total. The van der Waals surface area contributed by atoms with E-state index >= 15 is 0 Å². The van der Waals surface area contributed by atoms with Crippen LogP contribution in [0.1, 0.15) is 0 Å². The molecule has 0 heteroatoms. The van der Waals surface area contributed by atoms with E-state index in [1.165, 1.54) is 87.6 Å². The lowest BCUT2D eigenvalue weighted by Gasteiger charge is -2.20. The second-order valence-electron chi connectivity index (χ2n) is 12.1. The summed E-state index contributed by atoms with van der Waals surface area (Å²) in [7, 11) is 0. The Bertz CT molecular complexity index is 2550. The Morgan fingerprint density at radius 3 is 1.52 bits per heavy atom. The van der Waals surface area contributed by atoms with Gasteiger partial charge in [0.2, 0.25) is 0 Å². The Labute approximate surface area is 268 Å². The summed E-state index contributed by atoms with van der Waals surface area (Å²) < 4.78 is 0. The van der Waals surface area contributed by atoms with Gasteiger partial charge in [0.15, 0.2) is 0 Å². The molecule has 0 aliphatic carbocycles. The number of fused-ring (bicyclic) bond motifs is 4. The molecule has 0 unspecified atom stereocenters. The molecule has 0 radical (unpaired) electrons. The highest BCUT2D eigenvalue weighted by Crippen LogP contribution is 2.46. The lowest BCUT2D eigenvalue weighted by atomic mass is 9.83. The van der Waals surface area contributed by atoms with Gasteiger partial charge in [-0.25, -0.2) is 0 Å². The quantitative estimate of drug-likeness (QED) is 0.181. The van der Waals surface area contributed by atoms with Crippen LogP contribution in [0.25, 0.3) is 87.6 Å². The van der Waals surface area contributed by atoms with E-state index < -0.39 is 0 Å². The van der Waals surface area contributed by atoms with Gasteiger partial charge < -0.3 is 0 Å². The van der Waals surface area contributed by atoms with Crippen molar-refractivity contribution in [3.05, 3.63) is 182 Å². The lowest BCUT2D eigenvalue weighted by molar-refractivity contribution is 1.63. The van der Waals surface area contributed by atoms with Gasteiger partial charge in [-0.2, -0.15) is 0 Å². The van der Waals surface area contributed by atoms with E-state index in [1.807, 2.05) is 0 Å². The zero-order valence-electron chi connectivity index (χ0n) is 25.3. The number of hydrogen-bond acceptors (Lipinski definition) is 0. The summed E-state index contributed by atoms with van der Waals surface area (Å²) >= 11 is 0. The average molecular weight is 583 g/mol. The van der Waals surface area contributed by atoms with Crippen LogP contribution < -0.4 is 0 Å². The van der Waals surface area contributed by atoms with Gasteiger partial charge in [0, 0.05) is 0 Å². The monoisotopic (exact) mass is 582 g/mol. The molecule has 0 amide bonds. The van der Waals surface area contributed by atoms with E-state index in [-0.39, 0.29) is 0 Å². The minimum atomic E-state index is 1.22. The van der Waals surface area contributed by atoms with Gasteiger partial charge in [-0.1, -0.05) is 170 Å². The second-order valence-corrected chi connectivity index (χ2v) is 12.1. The predicted molar refractivity (Wildman–Crippen MR) is 198 cm³/mol. The third kappa shape index (κ3) is 4.30. The molecule has 9 aromatic carbocycles. The van der Waals surface area contributed by atoms with Gasteiger partial charge in [0.25, 0.3) is 0 Å². The van der Waals surface area contributed by atoms with E-state index in [1.54, 1.807) is 0 Å². The molecule has 0 bridgehead atoms. The van der Waals surface area contributed by atoms with E-state index in [0.717, 1.165) is 0 Å². The Balaban J connectivity index is 1.37. The summed E-state index contributed by atoms with van der Waals surface area (Å²) in [5.41, 5.74) is 10.0. The molecular formula is C46H30. The molecule has 214 valence electrons. The molecule has 0 saturated heterocycles. The average Bonchev–Trinajstić information content (AvgIpc) is 3.13. The van der Waals surface area contributed by atoms with E-state index in [0.29, 0.717) is 0 Å². The van der Waals surface area contributed by atoms with Crippen LogP contribution in [0.4, 0.5) is 0 Å². The van der Waals surface area contributed by atoms with Crippen molar-refractivity contribution >= 4 is 43.1 Å². The first kappa shape index (κ1) is 26.4. The van der Waals surface area contributed by atoms with Crippen LogP contribution in [0.15, 0.2) is 182 Å². The molecule has 0 N–H and O–H groups in total. The molecule has 0 heterocycles. The van der Waals surface area contributed by atoms with Crippen molar-refractivity contribution in [1.82, 2.24) is 0 Å². The summed E-state index contributed by atoms with van der Waals surface area (Å²) in [6.45, 7) is 0. The summed E-state index contributed by atoms with van der Waals surface area (Å²) in [6, 6.07) is 66.5. The molecule has 0 fully saturated rings. The highest BCUT2D eigenvalue weighted by molar-refractivity contribution is 6.24. The minimum Gasteiger partial charge on any atom is -0.0622 e. The molecule has 0 atom stereocenters. The van der Waals surface area contributed by atoms with Crippen LogP contribution in [0.5, 0.6) is 0 Å². The molecule has 0 aliphatic rings. The van der Waals surface area contributed by atoms with Crippen molar-refractivity contribution < 1.29 is 0 Å². The summed E-state index contributed by atoms with van der Waals surface area (Å²) in [4.78, 5) is 0. The molecule has 9 rings (SSSR count). The SMILES string of the molecule is c1ccc(-c2ccc3c(-c4ccc5c(-c6ccccc6)c6ccccc6c(-c6cccc7ccccc67)c5c4)cccc3c2)cc1. The van der Waals surface area contributed by atoms with Crippen molar-refractivity contribution in [3.8, 4) is 44.5 Å². The van der Waals surface area contributed by atoms with E-state index in [2.05, 4.69) is 182 Å². The summed E-state index contributed by atoms with van der Waals surface area (Å²) in [5, 5.41) is 10.1. The third-order valence-corrected chi connectivity index (χ3v) is 9.44. The molecule has 0 aliphatic heterocycles. The smallest absolute Gasteiger partial charge is 0.00199 e. The van der Waals surface area contributed by atoms with Gasteiger partial charge in [-0.15, -0.1) is 0 Å². The second kappa shape index (κ2) is 10.9. The normalized spacial score (nSPS) is 11.5. The predicted octanol–water partition coefficient (Wildman–Crippen LogP) is 13.0. The van der Waals surface area contributed by atoms with Gasteiger partial charge in [0.05, 0.1) is 0 Å². The Morgan fingerprint density at radius 2 is 0.739 bits per heavy atom. The van der Waals surface area contributed by atoms with Crippen molar-refractivity contribution in [2.75, 3.05) is 0 Å². The summed E-state index contributed by atoms with van der Waals surface area (Å²) in [6.07, 6.45) is 0. The maximum Gasteiger partial charge on any atom is -0.00199 e. The van der Waals surface area contributed by atoms with Gasteiger partial charge >= 0.3 is 0 Å². The van der Waals surface area contributed by atoms with Crippen molar-refractivity contribution in [1.29, 1.82) is 0 Å². The first-order chi connectivity index (χ1) is 22.8. The van der Waals surface area contributed by atoms with E-state index in [4.69, 9.17) is 0 Å². The molecule has 0 saturated carbocycles.